The van der Waals surface area contributed by atoms with Crippen LogP contribution in [0.25, 0.3) is 0 Å². The summed E-state index contributed by atoms with van der Waals surface area (Å²) in [5, 5.41) is 18.8. The molecule has 0 spiro atoms. The highest BCUT2D eigenvalue weighted by atomic mass is 32.1. The Hall–Kier alpha value is -2.26. The zero-order chi connectivity index (χ0) is 17.9. The van der Waals surface area contributed by atoms with E-state index >= 15 is 0 Å². The Bertz CT molecular complexity index is 610. The molecule has 3 rings (SSSR count). The highest BCUT2D eigenvalue weighted by molar-refractivity contribution is 7.09. The molecule has 1 fully saturated rings. The molecule has 2 aromatic heterocycles. The van der Waals surface area contributed by atoms with Crippen LogP contribution in [0.15, 0.2) is 23.8 Å². The molecule has 25 heavy (non-hydrogen) atoms. The van der Waals surface area contributed by atoms with Crippen molar-refractivity contribution in [3.8, 4) is 0 Å². The maximum atomic E-state index is 11.9. The predicted molar refractivity (Wildman–Crippen MR) is 94.3 cm³/mol. The van der Waals surface area contributed by atoms with E-state index < -0.39 is 0 Å². The van der Waals surface area contributed by atoms with Crippen molar-refractivity contribution >= 4 is 23.7 Å². The monoisotopic (exact) mass is 365 g/mol. The quantitative estimate of drug-likeness (QED) is 0.668. The van der Waals surface area contributed by atoms with Gasteiger partial charge in [0.05, 0.1) is 6.54 Å². The molecule has 0 saturated carbocycles. The number of likely N-dealkylation sites (tertiary alicyclic amines) is 1. The molecule has 0 aliphatic carbocycles. The molecule has 0 aromatic carbocycles. The van der Waals surface area contributed by atoms with Gasteiger partial charge in [-0.05, 0) is 37.4 Å². The van der Waals surface area contributed by atoms with Gasteiger partial charge < -0.3 is 15.3 Å². The first kappa shape index (κ1) is 19.1. The summed E-state index contributed by atoms with van der Waals surface area (Å²) in [4.78, 5) is 28.0. The topological polar surface area (TPSA) is 111 Å². The second-order valence-corrected chi connectivity index (χ2v) is 6.73. The molecule has 0 radical (unpaired) electrons. The van der Waals surface area contributed by atoms with Crippen molar-refractivity contribution in [2.45, 2.75) is 31.7 Å². The summed E-state index contributed by atoms with van der Waals surface area (Å²) < 4.78 is 0. The fraction of sp³-hybridized carbons (Fsp3) is 0.500. The summed E-state index contributed by atoms with van der Waals surface area (Å²) in [5.74, 6) is 1.60. The number of rotatable bonds is 6. The van der Waals surface area contributed by atoms with Gasteiger partial charge in [-0.3, -0.25) is 14.7 Å². The third-order valence-corrected chi connectivity index (χ3v) is 4.98. The maximum Gasteiger partial charge on any atom is 0.290 e. The Balaban J connectivity index is 0.000000701. The number of H-pyrrole nitrogens is 1. The number of hydrogen-bond acceptors (Lipinski definition) is 6. The van der Waals surface area contributed by atoms with Gasteiger partial charge >= 0.3 is 0 Å². The molecule has 2 aromatic rings. The standard InChI is InChI=1S/C15H21N5OS.CH2O2/c21-14(16-10-13-2-1-9-22-13)5-8-20-6-3-12(4-7-20)15-17-11-18-19-15;2-1-3/h1-2,9,11-12H,3-8,10H2,(H,16,21)(H,17,18,19);1H,(H,2,3). The highest BCUT2D eigenvalue weighted by Crippen LogP contribution is 2.24. The van der Waals surface area contributed by atoms with Gasteiger partial charge in [0.25, 0.3) is 6.47 Å². The van der Waals surface area contributed by atoms with Crippen LogP contribution >= 0.6 is 11.3 Å². The first-order valence-corrected chi connectivity index (χ1v) is 9.05. The van der Waals surface area contributed by atoms with Crippen molar-refractivity contribution in [1.82, 2.24) is 25.4 Å². The minimum atomic E-state index is -0.250. The minimum Gasteiger partial charge on any atom is -0.483 e. The number of aromatic amines is 1. The molecule has 0 bridgehead atoms. The number of carbonyl (C=O) groups is 2. The Morgan fingerprint density at radius 3 is 2.84 bits per heavy atom. The number of thiophene rings is 1. The Kier molecular flexibility index (Phi) is 8.06. The van der Waals surface area contributed by atoms with Crippen molar-refractivity contribution in [1.29, 1.82) is 0 Å². The van der Waals surface area contributed by atoms with E-state index in [1.165, 1.54) is 4.88 Å². The SMILES string of the molecule is O=C(CCN1CCC(c2ncn[nH]2)CC1)NCc1cccs1.O=CO. The van der Waals surface area contributed by atoms with E-state index in [-0.39, 0.29) is 12.4 Å². The third kappa shape index (κ3) is 6.63. The molecule has 1 saturated heterocycles. The summed E-state index contributed by atoms with van der Waals surface area (Å²) in [6.07, 6.45) is 4.29. The smallest absolute Gasteiger partial charge is 0.290 e. The van der Waals surface area contributed by atoms with Crippen molar-refractivity contribution in [3.05, 3.63) is 34.5 Å². The van der Waals surface area contributed by atoms with Gasteiger partial charge in [0, 0.05) is 23.8 Å². The molecule has 0 unspecified atom stereocenters. The number of nitrogens with one attached hydrogen (secondary N) is 2. The van der Waals surface area contributed by atoms with Crippen LogP contribution in [0.3, 0.4) is 0 Å². The number of carboxylic acid groups (broad SMARTS) is 1. The van der Waals surface area contributed by atoms with E-state index in [0.29, 0.717) is 18.9 Å². The Labute approximate surface area is 150 Å². The van der Waals surface area contributed by atoms with Crippen molar-refractivity contribution < 1.29 is 14.7 Å². The molecule has 1 amide bonds. The second-order valence-electron chi connectivity index (χ2n) is 5.70. The maximum absolute atomic E-state index is 11.9. The average Bonchev–Trinajstić information content (AvgIpc) is 3.33. The zero-order valence-electron chi connectivity index (χ0n) is 13.9. The van der Waals surface area contributed by atoms with Gasteiger partial charge in [-0.1, -0.05) is 6.07 Å². The van der Waals surface area contributed by atoms with Gasteiger partial charge in [0.15, 0.2) is 0 Å². The lowest BCUT2D eigenvalue weighted by atomic mass is 9.96. The highest BCUT2D eigenvalue weighted by Gasteiger charge is 2.22. The molecule has 3 N–H and O–H groups in total. The van der Waals surface area contributed by atoms with Crippen molar-refractivity contribution in [2.24, 2.45) is 0 Å². The van der Waals surface area contributed by atoms with E-state index in [2.05, 4.69) is 25.4 Å². The van der Waals surface area contributed by atoms with Crippen LogP contribution in [-0.4, -0.2) is 57.2 Å². The number of amides is 1. The van der Waals surface area contributed by atoms with E-state index in [0.717, 1.165) is 38.3 Å². The fourth-order valence-electron chi connectivity index (χ4n) is 2.79. The first-order chi connectivity index (χ1) is 12.2. The van der Waals surface area contributed by atoms with Crippen LogP contribution in [-0.2, 0) is 16.1 Å². The summed E-state index contributed by atoms with van der Waals surface area (Å²) in [5.41, 5.74) is 0. The van der Waals surface area contributed by atoms with Crippen molar-refractivity contribution in [2.75, 3.05) is 19.6 Å². The van der Waals surface area contributed by atoms with Gasteiger partial charge in [0.1, 0.15) is 12.2 Å². The normalized spacial score (nSPS) is 15.2. The first-order valence-electron chi connectivity index (χ1n) is 8.17. The second kappa shape index (κ2) is 10.6. The lowest BCUT2D eigenvalue weighted by Crippen LogP contribution is -2.36. The summed E-state index contributed by atoms with van der Waals surface area (Å²) in [6, 6.07) is 4.05. The average molecular weight is 365 g/mol. The largest absolute Gasteiger partial charge is 0.483 e. The molecule has 0 atom stereocenters. The van der Waals surface area contributed by atoms with Crippen LogP contribution in [0, 0.1) is 0 Å². The Morgan fingerprint density at radius 2 is 2.24 bits per heavy atom. The van der Waals surface area contributed by atoms with Crippen molar-refractivity contribution in [3.63, 3.8) is 0 Å². The van der Waals surface area contributed by atoms with E-state index in [4.69, 9.17) is 9.90 Å². The lowest BCUT2D eigenvalue weighted by Gasteiger charge is -2.30. The molecule has 3 heterocycles. The van der Waals surface area contributed by atoms with Gasteiger partial charge in [-0.15, -0.1) is 11.3 Å². The van der Waals surface area contributed by atoms with Crippen LogP contribution in [0.4, 0.5) is 0 Å². The zero-order valence-corrected chi connectivity index (χ0v) is 14.7. The van der Waals surface area contributed by atoms with Crippen LogP contribution in [0.1, 0.15) is 35.9 Å². The molecular weight excluding hydrogens is 342 g/mol. The molecule has 9 heteroatoms. The van der Waals surface area contributed by atoms with Crippen LogP contribution in [0.2, 0.25) is 0 Å². The molecule has 8 nitrogen and oxygen atoms in total. The Morgan fingerprint density at radius 1 is 1.48 bits per heavy atom. The van der Waals surface area contributed by atoms with Crippen LogP contribution < -0.4 is 5.32 Å². The number of aromatic nitrogens is 3. The number of carbonyl (C=O) groups excluding carboxylic acids is 1. The summed E-state index contributed by atoms with van der Waals surface area (Å²) >= 11 is 1.67. The molecule has 136 valence electrons. The predicted octanol–water partition coefficient (Wildman–Crippen LogP) is 1.45. The minimum absolute atomic E-state index is 0.130. The molecular formula is C16H23N5O3S. The van der Waals surface area contributed by atoms with Gasteiger partial charge in [-0.2, -0.15) is 5.10 Å². The number of hydrogen-bond donors (Lipinski definition) is 3. The van der Waals surface area contributed by atoms with Crippen LogP contribution in [0.5, 0.6) is 0 Å². The summed E-state index contributed by atoms with van der Waals surface area (Å²) in [6.45, 7) is 3.26. The van der Waals surface area contributed by atoms with E-state index in [1.54, 1.807) is 17.7 Å². The van der Waals surface area contributed by atoms with E-state index in [1.807, 2.05) is 17.5 Å². The number of piperidine rings is 1. The van der Waals surface area contributed by atoms with Gasteiger partial charge in [0.2, 0.25) is 5.91 Å². The fourth-order valence-corrected chi connectivity index (χ4v) is 3.43. The lowest BCUT2D eigenvalue weighted by molar-refractivity contribution is -0.123. The van der Waals surface area contributed by atoms with Gasteiger partial charge in [-0.25, -0.2) is 4.98 Å². The van der Waals surface area contributed by atoms with E-state index in [9.17, 15) is 4.79 Å². The third-order valence-electron chi connectivity index (χ3n) is 4.10. The summed E-state index contributed by atoms with van der Waals surface area (Å²) in [7, 11) is 0. The number of nitrogens with zero attached hydrogens (tertiary/aromatic N) is 3. The molecule has 1 aliphatic rings. The molecule has 1 aliphatic heterocycles.